The van der Waals surface area contributed by atoms with Gasteiger partial charge in [-0.15, -0.1) is 0 Å². The first-order valence-corrected chi connectivity index (χ1v) is 10.1. The molecular formula is C19H18FN3O5S. The van der Waals surface area contributed by atoms with E-state index in [2.05, 4.69) is 10.6 Å². The smallest absolute Gasteiger partial charge is 0.338 e. The van der Waals surface area contributed by atoms with Crippen LogP contribution in [-0.2, 0) is 19.6 Å². The number of amides is 2. The van der Waals surface area contributed by atoms with Gasteiger partial charge in [-0.05, 0) is 54.4 Å². The second kappa shape index (κ2) is 8.02. The Morgan fingerprint density at radius 3 is 2.31 bits per heavy atom. The Hall–Kier alpha value is -3.24. The van der Waals surface area contributed by atoms with Crippen LogP contribution in [0.25, 0.3) is 5.70 Å². The molecule has 2 amide bonds. The number of primary sulfonamides is 1. The Balaban J connectivity index is 2.15. The zero-order valence-electron chi connectivity index (χ0n) is 15.3. The molecule has 1 aliphatic rings. The fourth-order valence-corrected chi connectivity index (χ4v) is 3.45. The molecule has 10 heteroatoms. The van der Waals surface area contributed by atoms with Gasteiger partial charge in [-0.25, -0.2) is 27.5 Å². The van der Waals surface area contributed by atoms with E-state index >= 15 is 0 Å². The highest BCUT2D eigenvalue weighted by Gasteiger charge is 2.34. The summed E-state index contributed by atoms with van der Waals surface area (Å²) < 4.78 is 41.4. The zero-order chi connectivity index (χ0) is 21.2. The van der Waals surface area contributed by atoms with Crippen LogP contribution in [0.5, 0.6) is 0 Å². The molecule has 1 heterocycles. The lowest BCUT2D eigenvalue weighted by Gasteiger charge is -2.29. The topological polar surface area (TPSA) is 128 Å². The number of nitrogens with two attached hydrogens (primary N) is 1. The number of carbonyl (C=O) groups is 2. The zero-order valence-corrected chi connectivity index (χ0v) is 16.1. The number of carbonyl (C=O) groups excluding carboxylic acids is 2. The maximum atomic E-state index is 13.3. The molecule has 0 radical (unpaired) electrons. The molecule has 0 spiro atoms. The van der Waals surface area contributed by atoms with Crippen LogP contribution in [0.2, 0.25) is 0 Å². The number of sulfonamides is 1. The lowest BCUT2D eigenvalue weighted by molar-refractivity contribution is -0.138. The number of hydrogen-bond donors (Lipinski definition) is 3. The van der Waals surface area contributed by atoms with E-state index in [0.717, 1.165) is 0 Å². The maximum absolute atomic E-state index is 13.3. The van der Waals surface area contributed by atoms with E-state index in [1.54, 1.807) is 6.92 Å². The van der Waals surface area contributed by atoms with Gasteiger partial charge in [0.05, 0.1) is 28.8 Å². The fraction of sp³-hybridized carbons (Fsp3) is 0.158. The SMILES string of the molecule is CCOC(=O)C1=C(c2ccc(F)cc2)NC(=O)NC1c1ccc(S(N)(=O)=O)cc1. The minimum atomic E-state index is -3.90. The van der Waals surface area contributed by atoms with Gasteiger partial charge in [0.2, 0.25) is 10.0 Å². The first-order valence-electron chi connectivity index (χ1n) is 8.58. The molecule has 2 aromatic rings. The molecule has 1 unspecified atom stereocenters. The third kappa shape index (κ3) is 4.44. The van der Waals surface area contributed by atoms with Crippen molar-refractivity contribution in [2.45, 2.75) is 17.9 Å². The van der Waals surface area contributed by atoms with Crippen LogP contribution in [0.3, 0.4) is 0 Å². The summed E-state index contributed by atoms with van der Waals surface area (Å²) in [4.78, 5) is 24.8. The molecule has 0 aromatic heterocycles. The van der Waals surface area contributed by atoms with Crippen molar-refractivity contribution >= 4 is 27.7 Å². The van der Waals surface area contributed by atoms with Crippen LogP contribution < -0.4 is 15.8 Å². The van der Waals surface area contributed by atoms with Crippen LogP contribution in [0.1, 0.15) is 24.1 Å². The lowest BCUT2D eigenvalue weighted by Crippen LogP contribution is -2.45. The average Bonchev–Trinajstić information content (AvgIpc) is 2.67. The molecule has 8 nitrogen and oxygen atoms in total. The van der Waals surface area contributed by atoms with Crippen LogP contribution in [0, 0.1) is 5.82 Å². The molecule has 0 fully saturated rings. The molecule has 152 valence electrons. The summed E-state index contributed by atoms with van der Waals surface area (Å²) in [7, 11) is -3.90. The van der Waals surface area contributed by atoms with E-state index in [1.165, 1.54) is 48.5 Å². The highest BCUT2D eigenvalue weighted by atomic mass is 32.2. The number of rotatable bonds is 5. The summed E-state index contributed by atoms with van der Waals surface area (Å²) in [6.07, 6.45) is 0. The lowest BCUT2D eigenvalue weighted by atomic mass is 9.92. The fourth-order valence-electron chi connectivity index (χ4n) is 2.94. The van der Waals surface area contributed by atoms with Crippen LogP contribution in [0.15, 0.2) is 59.0 Å². The van der Waals surface area contributed by atoms with Crippen molar-refractivity contribution < 1.29 is 27.1 Å². The molecule has 2 aromatic carbocycles. The van der Waals surface area contributed by atoms with Gasteiger partial charge in [0.1, 0.15) is 5.82 Å². The van der Waals surface area contributed by atoms with Crippen LogP contribution >= 0.6 is 0 Å². The van der Waals surface area contributed by atoms with Gasteiger partial charge < -0.3 is 15.4 Å². The first kappa shape index (κ1) is 20.5. The van der Waals surface area contributed by atoms with Crippen LogP contribution in [-0.4, -0.2) is 27.0 Å². The highest BCUT2D eigenvalue weighted by molar-refractivity contribution is 7.89. The monoisotopic (exact) mass is 419 g/mol. The number of hydrogen-bond acceptors (Lipinski definition) is 5. The number of ether oxygens (including phenoxy) is 1. The molecule has 1 aliphatic heterocycles. The average molecular weight is 419 g/mol. The second-order valence-corrected chi connectivity index (χ2v) is 7.72. The van der Waals surface area contributed by atoms with Crippen molar-refractivity contribution in [2.24, 2.45) is 5.14 Å². The Kier molecular flexibility index (Phi) is 5.66. The Bertz CT molecular complexity index is 1080. The molecular weight excluding hydrogens is 401 g/mol. The van der Waals surface area contributed by atoms with Crippen LogP contribution in [0.4, 0.5) is 9.18 Å². The summed E-state index contributed by atoms with van der Waals surface area (Å²) in [6, 6.07) is 9.20. The molecule has 0 bridgehead atoms. The van der Waals surface area contributed by atoms with Gasteiger partial charge in [-0.2, -0.15) is 0 Å². The predicted octanol–water partition coefficient (Wildman–Crippen LogP) is 1.80. The summed E-state index contributed by atoms with van der Waals surface area (Å²) in [5.41, 5.74) is 1.12. The van der Waals surface area contributed by atoms with Gasteiger partial charge >= 0.3 is 12.0 Å². The van der Waals surface area contributed by atoms with Gasteiger partial charge in [-0.1, -0.05) is 12.1 Å². The standard InChI is InChI=1S/C19H18FN3O5S/c1-2-28-18(24)15-16(11-3-7-13(20)8-4-11)22-19(25)23-17(15)12-5-9-14(10-6-12)29(21,26)27/h3-10,17H,2H2,1H3,(H2,21,26,27)(H2,22,23,25). The van der Waals surface area contributed by atoms with E-state index in [0.29, 0.717) is 11.1 Å². The number of esters is 1. The molecule has 3 rings (SSSR count). The predicted molar refractivity (Wildman–Crippen MR) is 102 cm³/mol. The van der Waals surface area contributed by atoms with Crippen molar-refractivity contribution in [1.82, 2.24) is 10.6 Å². The van der Waals surface area contributed by atoms with Gasteiger partial charge in [0.25, 0.3) is 0 Å². The molecule has 29 heavy (non-hydrogen) atoms. The van der Waals surface area contributed by atoms with Crippen molar-refractivity contribution in [1.29, 1.82) is 0 Å². The van der Waals surface area contributed by atoms with Crippen molar-refractivity contribution in [2.75, 3.05) is 6.61 Å². The van der Waals surface area contributed by atoms with E-state index in [1.807, 2.05) is 0 Å². The minimum Gasteiger partial charge on any atom is -0.463 e. The maximum Gasteiger partial charge on any atom is 0.338 e. The van der Waals surface area contributed by atoms with Crippen molar-refractivity contribution in [3.05, 3.63) is 71.0 Å². The summed E-state index contributed by atoms with van der Waals surface area (Å²) in [5, 5.41) is 10.3. The third-order valence-corrected chi connectivity index (χ3v) is 5.17. The number of halogens is 1. The van der Waals surface area contributed by atoms with E-state index in [9.17, 15) is 22.4 Å². The minimum absolute atomic E-state index is 0.0985. The molecule has 0 saturated heterocycles. The van der Waals surface area contributed by atoms with E-state index in [-0.39, 0.29) is 22.8 Å². The van der Waals surface area contributed by atoms with Crippen molar-refractivity contribution in [3.63, 3.8) is 0 Å². The molecule has 1 atom stereocenters. The number of nitrogens with one attached hydrogen (secondary N) is 2. The Morgan fingerprint density at radius 1 is 1.14 bits per heavy atom. The Morgan fingerprint density at radius 2 is 1.76 bits per heavy atom. The van der Waals surface area contributed by atoms with Gasteiger partial charge in [0.15, 0.2) is 0 Å². The van der Waals surface area contributed by atoms with E-state index in [4.69, 9.17) is 9.88 Å². The molecule has 0 aliphatic carbocycles. The Labute approximate surface area is 166 Å². The molecule has 4 N–H and O–H groups in total. The van der Waals surface area contributed by atoms with E-state index < -0.39 is 33.9 Å². The third-order valence-electron chi connectivity index (χ3n) is 4.24. The van der Waals surface area contributed by atoms with Gasteiger partial charge in [-0.3, -0.25) is 0 Å². The van der Waals surface area contributed by atoms with Crippen molar-refractivity contribution in [3.8, 4) is 0 Å². The number of benzene rings is 2. The first-order chi connectivity index (χ1) is 13.7. The molecule has 0 saturated carbocycles. The second-order valence-electron chi connectivity index (χ2n) is 6.16. The van der Waals surface area contributed by atoms with Gasteiger partial charge in [0, 0.05) is 0 Å². The number of urea groups is 1. The summed E-state index contributed by atoms with van der Waals surface area (Å²) in [5.74, 6) is -1.15. The largest absolute Gasteiger partial charge is 0.463 e. The quantitative estimate of drug-likeness (QED) is 0.637. The normalized spacial score (nSPS) is 16.8. The summed E-state index contributed by atoms with van der Waals surface area (Å²) in [6.45, 7) is 1.74. The highest BCUT2D eigenvalue weighted by Crippen LogP contribution is 2.32. The summed E-state index contributed by atoms with van der Waals surface area (Å²) >= 11 is 0.